The van der Waals surface area contributed by atoms with E-state index in [4.69, 9.17) is 38.7 Å². The summed E-state index contributed by atoms with van der Waals surface area (Å²) in [5, 5.41) is 3.08. The maximum absolute atomic E-state index is 12.7. The highest BCUT2D eigenvalue weighted by Crippen LogP contribution is 2.55. The molecule has 0 saturated carbocycles. The highest BCUT2D eigenvalue weighted by atomic mass is 35.5. The van der Waals surface area contributed by atoms with Crippen molar-refractivity contribution in [1.29, 1.82) is 0 Å². The van der Waals surface area contributed by atoms with E-state index in [1.807, 2.05) is 0 Å². The smallest absolute Gasteiger partial charge is 0.321 e. The second kappa shape index (κ2) is 12.1. The first kappa shape index (κ1) is 24.5. The van der Waals surface area contributed by atoms with Crippen molar-refractivity contribution in [2.45, 2.75) is 34.1 Å². The van der Waals surface area contributed by atoms with E-state index in [2.05, 4.69) is 10.3 Å². The molecule has 1 heterocycles. The van der Waals surface area contributed by atoms with E-state index < -0.39 is 22.1 Å². The van der Waals surface area contributed by atoms with Crippen molar-refractivity contribution in [2.75, 3.05) is 31.7 Å². The van der Waals surface area contributed by atoms with Crippen LogP contribution in [0, 0.1) is 0 Å². The molecule has 0 saturated heterocycles. The van der Waals surface area contributed by atoms with Crippen molar-refractivity contribution in [3.63, 3.8) is 0 Å². The zero-order chi connectivity index (χ0) is 20.3. The minimum atomic E-state index is -4.02. The number of phosphoric ester groups is 2. The van der Waals surface area contributed by atoms with Crippen LogP contribution in [-0.4, -0.2) is 37.8 Å². The second-order valence-corrected chi connectivity index (χ2v) is 8.29. The van der Waals surface area contributed by atoms with Crippen LogP contribution < -0.4 is 5.32 Å². The van der Waals surface area contributed by atoms with Gasteiger partial charge < -0.3 is 5.32 Å². The molecule has 0 unspecified atom stereocenters. The van der Waals surface area contributed by atoms with Crippen LogP contribution in [0.25, 0.3) is 0 Å². The van der Waals surface area contributed by atoms with Crippen molar-refractivity contribution < 1.29 is 36.3 Å². The first-order chi connectivity index (χ1) is 12.8. The van der Waals surface area contributed by atoms with E-state index in [-0.39, 0.29) is 32.2 Å². The van der Waals surface area contributed by atoms with Gasteiger partial charge in [-0.2, -0.15) is 0 Å². The Hall–Kier alpha value is -0.540. The number of rotatable bonds is 14. The number of phosphoric acid groups is 2. The molecule has 1 aromatic heterocycles. The fraction of sp³-hybridized carbons (Fsp3) is 0.643. The van der Waals surface area contributed by atoms with Gasteiger partial charge >= 0.3 is 15.6 Å². The van der Waals surface area contributed by atoms with Gasteiger partial charge in [-0.25, -0.2) is 23.2 Å². The summed E-state index contributed by atoms with van der Waals surface area (Å²) >= 11 is 5.80. The molecule has 13 heteroatoms. The number of hydrogen-bond donors (Lipinski definition) is 1. The zero-order valence-corrected chi connectivity index (χ0v) is 18.2. The third-order valence-corrected chi connectivity index (χ3v) is 6.01. The monoisotopic (exact) mass is 446 g/mol. The summed E-state index contributed by atoms with van der Waals surface area (Å²) in [5.74, 6) is 0.239. The molecular formula is C14H25ClN2O8P2. The minimum Gasteiger partial charge on any atom is -0.321 e. The topological polar surface area (TPSA) is 114 Å². The number of pyridine rings is 1. The highest BCUT2D eigenvalue weighted by Gasteiger charge is 2.37. The Morgan fingerprint density at radius 3 is 1.70 bits per heavy atom. The number of aromatic nitrogens is 1. The molecule has 1 rings (SSSR count). The Balaban J connectivity index is 3.07. The lowest BCUT2D eigenvalue weighted by Gasteiger charge is -2.26. The minimum absolute atomic E-state index is 0.0533. The molecule has 0 spiro atoms. The third-order valence-electron chi connectivity index (χ3n) is 2.59. The van der Waals surface area contributed by atoms with Crippen LogP contribution >= 0.6 is 27.2 Å². The van der Waals surface area contributed by atoms with Crippen molar-refractivity contribution in [1.82, 2.24) is 4.98 Å². The van der Waals surface area contributed by atoms with Crippen LogP contribution in [0.3, 0.4) is 0 Å². The lowest BCUT2D eigenvalue weighted by Crippen LogP contribution is -2.27. The first-order valence-corrected chi connectivity index (χ1v) is 11.6. The van der Waals surface area contributed by atoms with Gasteiger partial charge in [-0.15, -0.1) is 0 Å². The summed E-state index contributed by atoms with van der Waals surface area (Å²) < 4.78 is 56.2. The summed E-state index contributed by atoms with van der Waals surface area (Å²) in [6.45, 7) is 6.68. The molecule has 0 aromatic carbocycles. The summed E-state index contributed by atoms with van der Waals surface area (Å²) in [6.07, 6.45) is -0.206. The van der Waals surface area contributed by atoms with Crippen molar-refractivity contribution in [2.24, 2.45) is 0 Å². The van der Waals surface area contributed by atoms with Gasteiger partial charge in [-0.3, -0.25) is 18.1 Å². The van der Waals surface area contributed by atoms with Crippen molar-refractivity contribution in [3.05, 3.63) is 23.4 Å². The van der Waals surface area contributed by atoms with Crippen LogP contribution in [-0.2, 0) is 36.3 Å². The molecule has 1 aromatic rings. The molecule has 10 nitrogen and oxygen atoms in total. The number of hydrogen-bond acceptors (Lipinski definition) is 10. The second-order valence-electron chi connectivity index (χ2n) is 4.61. The van der Waals surface area contributed by atoms with Crippen LogP contribution in [0.15, 0.2) is 18.3 Å². The predicted octanol–water partition coefficient (Wildman–Crippen LogP) is 4.83. The Morgan fingerprint density at radius 1 is 0.926 bits per heavy atom. The first-order valence-electron chi connectivity index (χ1n) is 8.32. The van der Waals surface area contributed by atoms with E-state index in [1.165, 1.54) is 12.3 Å². The summed E-state index contributed by atoms with van der Waals surface area (Å²) in [7, 11) is -8.04. The summed E-state index contributed by atoms with van der Waals surface area (Å²) in [6, 6.07) is 3.07. The van der Waals surface area contributed by atoms with Gasteiger partial charge in [0.15, 0.2) is 0 Å². The SMILES string of the molecule is CCOP(=O)(OCC)OC(Nc1ccc(Cl)cn1)OP(=O)(OCC)OCC. The molecule has 0 fully saturated rings. The molecule has 0 amide bonds. The lowest BCUT2D eigenvalue weighted by atomic mass is 10.5. The average molecular weight is 447 g/mol. The van der Waals surface area contributed by atoms with Gasteiger partial charge in [-0.1, -0.05) is 11.6 Å². The molecule has 0 aliphatic heterocycles. The van der Waals surface area contributed by atoms with Crippen LogP contribution in [0.2, 0.25) is 5.02 Å². The number of nitrogens with zero attached hydrogens (tertiary/aromatic N) is 1. The van der Waals surface area contributed by atoms with E-state index in [0.717, 1.165) is 0 Å². The fourth-order valence-corrected chi connectivity index (χ4v) is 4.21. The Kier molecular flexibility index (Phi) is 11.0. The Morgan fingerprint density at radius 2 is 1.37 bits per heavy atom. The van der Waals surface area contributed by atoms with Gasteiger partial charge in [0, 0.05) is 6.20 Å². The van der Waals surface area contributed by atoms with E-state index in [9.17, 15) is 9.13 Å². The number of anilines is 1. The van der Waals surface area contributed by atoms with Gasteiger partial charge in [0.1, 0.15) is 5.82 Å². The molecule has 0 radical (unpaired) electrons. The predicted molar refractivity (Wildman–Crippen MR) is 101 cm³/mol. The molecule has 0 aliphatic carbocycles. The standard InChI is InChI=1S/C14H25ClN2O8P2/c1-5-20-26(18,21-6-2)24-14(17-13-10-9-12(15)11-16-13)25-27(19,22-7-3)23-8-4/h9-11,14H,5-8H2,1-4H3,(H,16,17). The molecule has 156 valence electrons. The third kappa shape index (κ3) is 9.00. The van der Waals surface area contributed by atoms with Crippen LogP contribution in [0.4, 0.5) is 5.82 Å². The van der Waals surface area contributed by atoms with E-state index >= 15 is 0 Å². The molecule has 27 heavy (non-hydrogen) atoms. The van der Waals surface area contributed by atoms with Crippen molar-refractivity contribution >= 4 is 33.1 Å². The molecule has 0 bridgehead atoms. The molecule has 1 N–H and O–H groups in total. The average Bonchev–Trinajstić information content (AvgIpc) is 2.57. The number of nitrogens with one attached hydrogen (secondary N) is 1. The van der Waals surface area contributed by atoms with Crippen LogP contribution in [0.1, 0.15) is 27.7 Å². The maximum atomic E-state index is 12.7. The van der Waals surface area contributed by atoms with E-state index in [0.29, 0.717) is 5.02 Å². The summed E-state index contributed by atoms with van der Waals surface area (Å²) in [4.78, 5) is 4.02. The van der Waals surface area contributed by atoms with Gasteiger partial charge in [-0.05, 0) is 39.8 Å². The highest BCUT2D eigenvalue weighted by molar-refractivity contribution is 7.49. The fourth-order valence-electron chi connectivity index (χ4n) is 1.72. The van der Waals surface area contributed by atoms with Gasteiger partial charge in [0.05, 0.1) is 31.5 Å². The molecular weight excluding hydrogens is 422 g/mol. The normalized spacial score (nSPS) is 12.5. The number of halogens is 1. The largest absolute Gasteiger partial charge is 0.478 e. The molecule has 0 atom stereocenters. The maximum Gasteiger partial charge on any atom is 0.478 e. The quantitative estimate of drug-likeness (QED) is 0.315. The van der Waals surface area contributed by atoms with Crippen LogP contribution in [0.5, 0.6) is 0 Å². The van der Waals surface area contributed by atoms with Gasteiger partial charge in [0.2, 0.25) is 0 Å². The van der Waals surface area contributed by atoms with Crippen molar-refractivity contribution in [3.8, 4) is 0 Å². The van der Waals surface area contributed by atoms with E-state index in [1.54, 1.807) is 33.8 Å². The lowest BCUT2D eigenvalue weighted by molar-refractivity contribution is -0.0351. The Labute approximate surface area is 164 Å². The zero-order valence-electron chi connectivity index (χ0n) is 15.6. The Bertz CT molecular complexity index is 597. The molecule has 0 aliphatic rings. The van der Waals surface area contributed by atoms with Gasteiger partial charge in [0.25, 0.3) is 6.41 Å². The summed E-state index contributed by atoms with van der Waals surface area (Å²) in [5.41, 5.74) is 0.